The summed E-state index contributed by atoms with van der Waals surface area (Å²) in [6.07, 6.45) is 5.94. The number of aryl methyl sites for hydroxylation is 1. The zero-order chi connectivity index (χ0) is 51.2. The van der Waals surface area contributed by atoms with Crippen molar-refractivity contribution in [3.05, 3.63) is 101 Å². The van der Waals surface area contributed by atoms with Crippen molar-refractivity contribution >= 4 is 74.7 Å². The SMILES string of the molecule is CCCC(CC(=O)N[C@H](C(=O)N1C[C@H](O)C[C@H]1C(=O)NCc1ccc(-c2scnc2C)cc1)C(C)(C)C)OCCCCOc1cc2ncnc(Nc3ccc(F)c(Cl)c3)c2cc1NC(=O)/C=C/CN(C)C. The van der Waals surface area contributed by atoms with Crippen molar-refractivity contribution in [3.63, 3.8) is 0 Å². The fourth-order valence-corrected chi connectivity index (χ4v) is 9.06. The first-order chi connectivity index (χ1) is 33.9. The number of nitrogens with one attached hydrogen (secondary N) is 4. The summed E-state index contributed by atoms with van der Waals surface area (Å²) in [4.78, 5) is 72.1. The number of nitrogens with zero attached hydrogens (tertiary/aromatic N) is 5. The molecule has 0 saturated carbocycles. The van der Waals surface area contributed by atoms with Gasteiger partial charge in [-0.15, -0.1) is 11.3 Å². The van der Waals surface area contributed by atoms with Crippen LogP contribution in [-0.2, 0) is 30.5 Å². The second-order valence-corrected chi connectivity index (χ2v) is 20.2. The molecule has 16 nitrogen and oxygen atoms in total. The second-order valence-electron chi connectivity index (χ2n) is 19.0. The van der Waals surface area contributed by atoms with Gasteiger partial charge in [0, 0.05) is 55.9 Å². The number of thiazole rings is 1. The van der Waals surface area contributed by atoms with Crippen LogP contribution in [0.25, 0.3) is 21.3 Å². The molecule has 0 spiro atoms. The van der Waals surface area contributed by atoms with Crippen molar-refractivity contribution in [1.82, 2.24) is 35.4 Å². The number of ether oxygens (including phenoxy) is 2. The summed E-state index contributed by atoms with van der Waals surface area (Å²) in [5.74, 6) is -1.27. The summed E-state index contributed by atoms with van der Waals surface area (Å²) < 4.78 is 26.3. The van der Waals surface area contributed by atoms with E-state index in [0.717, 1.165) is 28.1 Å². The molecule has 6 rings (SSSR count). The number of carbonyl (C=O) groups is 4. The number of aromatic nitrogens is 3. The van der Waals surface area contributed by atoms with Gasteiger partial charge in [0.25, 0.3) is 0 Å². The quantitative estimate of drug-likeness (QED) is 0.0311. The van der Waals surface area contributed by atoms with Gasteiger partial charge in [-0.2, -0.15) is 0 Å². The Kier molecular flexibility index (Phi) is 19.4. The van der Waals surface area contributed by atoms with Gasteiger partial charge in [-0.25, -0.2) is 19.3 Å². The Balaban J connectivity index is 1.03. The largest absolute Gasteiger partial charge is 0.491 e. The van der Waals surface area contributed by atoms with Crippen molar-refractivity contribution in [1.29, 1.82) is 0 Å². The molecule has 1 aliphatic rings. The van der Waals surface area contributed by atoms with Crippen LogP contribution in [0.4, 0.5) is 21.6 Å². The second kappa shape index (κ2) is 25.4. The molecule has 1 fully saturated rings. The number of β-amino-alcohol motifs (C(OH)–C–C–N with tert-alkyl or cyclic N) is 1. The number of anilines is 3. The molecule has 0 aliphatic carbocycles. The first-order valence-corrected chi connectivity index (χ1v) is 25.1. The number of hydrogen-bond donors (Lipinski definition) is 5. The number of fused-ring (bicyclic) bond motifs is 1. The topological polar surface area (TPSA) is 200 Å². The predicted molar refractivity (Wildman–Crippen MR) is 276 cm³/mol. The van der Waals surface area contributed by atoms with Gasteiger partial charge in [-0.1, -0.05) is 76.1 Å². The molecule has 1 aliphatic heterocycles. The van der Waals surface area contributed by atoms with Crippen molar-refractivity contribution in [2.75, 3.05) is 51.0 Å². The van der Waals surface area contributed by atoms with Gasteiger partial charge in [0.2, 0.25) is 23.6 Å². The maximum Gasteiger partial charge on any atom is 0.248 e. The third kappa shape index (κ3) is 15.5. The van der Waals surface area contributed by atoms with Gasteiger partial charge in [-0.05, 0) is 81.1 Å². The summed E-state index contributed by atoms with van der Waals surface area (Å²) >= 11 is 7.59. The maximum absolute atomic E-state index is 14.3. The first kappa shape index (κ1) is 54.3. The zero-order valence-electron chi connectivity index (χ0n) is 41.4. The van der Waals surface area contributed by atoms with Gasteiger partial charge in [0.15, 0.2) is 0 Å². The lowest BCUT2D eigenvalue weighted by Crippen LogP contribution is -2.58. The van der Waals surface area contributed by atoms with E-state index in [1.807, 2.05) is 83.4 Å². The highest BCUT2D eigenvalue weighted by atomic mass is 35.5. The van der Waals surface area contributed by atoms with Crippen LogP contribution < -0.4 is 26.0 Å². The predicted octanol–water partition coefficient (Wildman–Crippen LogP) is 8.20. The van der Waals surface area contributed by atoms with Gasteiger partial charge in [-0.3, -0.25) is 19.2 Å². The number of aliphatic hydroxyl groups excluding tert-OH is 1. The summed E-state index contributed by atoms with van der Waals surface area (Å²) in [5, 5.41) is 23.2. The van der Waals surface area contributed by atoms with E-state index in [2.05, 4.69) is 36.2 Å². The molecule has 380 valence electrons. The third-order valence-electron chi connectivity index (χ3n) is 11.8. The van der Waals surface area contributed by atoms with E-state index in [1.165, 1.54) is 35.5 Å². The molecule has 4 amide bonds. The molecule has 0 bridgehead atoms. The van der Waals surface area contributed by atoms with Crippen LogP contribution in [-0.4, -0.2) is 118 Å². The standard InChI is InChI=1S/C52H65ClFN9O7S/c1-8-12-37(25-46(66)61-48(52(3,4)5)51(68)63-29-36(64)24-43(63)50(67)55-28-33-14-16-34(17-15-33)47-32(2)58-31-71-47)69-21-9-10-22-70-44-27-41-38(26-42(44)60-45(65)13-11-20-62(6)7)49(57-30-56-41)59-35-18-19-40(54)39(53)23-35/h11,13-19,23,26-27,30-31,36-37,43,48,64H,8-10,12,20-22,24-25,28-29H2,1-7H3,(H,55,67)(H,60,65)(H,61,66)(H,56,57,59)/b13-11+/t36-,37?,43+,48-/m1/s1. The van der Waals surface area contributed by atoms with Crippen LogP contribution in [0.15, 0.2) is 78.6 Å². The number of rotatable bonds is 23. The zero-order valence-corrected chi connectivity index (χ0v) is 43.0. The van der Waals surface area contributed by atoms with Crippen LogP contribution in [0.3, 0.4) is 0 Å². The number of benzene rings is 3. The van der Waals surface area contributed by atoms with E-state index in [1.54, 1.807) is 29.5 Å². The summed E-state index contributed by atoms with van der Waals surface area (Å²) in [7, 11) is 3.80. The third-order valence-corrected chi connectivity index (χ3v) is 13.1. The molecule has 3 heterocycles. The van der Waals surface area contributed by atoms with Crippen LogP contribution in [0, 0.1) is 18.2 Å². The molecule has 5 aromatic rings. The van der Waals surface area contributed by atoms with Gasteiger partial charge < -0.3 is 45.6 Å². The van der Waals surface area contributed by atoms with E-state index in [0.29, 0.717) is 66.3 Å². The van der Waals surface area contributed by atoms with Crippen LogP contribution >= 0.6 is 22.9 Å². The average Bonchev–Trinajstić information content (AvgIpc) is 3.94. The fourth-order valence-electron chi connectivity index (χ4n) is 8.07. The lowest BCUT2D eigenvalue weighted by molar-refractivity contribution is -0.144. The lowest BCUT2D eigenvalue weighted by atomic mass is 9.85. The molecule has 1 saturated heterocycles. The van der Waals surface area contributed by atoms with Crippen molar-refractivity contribution < 1.29 is 38.1 Å². The number of halogens is 2. The number of amides is 4. The van der Waals surface area contributed by atoms with Crippen molar-refractivity contribution in [3.8, 4) is 16.2 Å². The Morgan fingerprint density at radius 3 is 2.49 bits per heavy atom. The number of hydrogen-bond acceptors (Lipinski definition) is 13. The normalized spacial score (nSPS) is 15.8. The van der Waals surface area contributed by atoms with Crippen LogP contribution in [0.5, 0.6) is 5.75 Å². The van der Waals surface area contributed by atoms with E-state index < -0.39 is 41.4 Å². The van der Waals surface area contributed by atoms with Gasteiger partial charge in [0.1, 0.15) is 35.8 Å². The van der Waals surface area contributed by atoms with E-state index in [-0.39, 0.29) is 55.3 Å². The fraction of sp³-hybridized carbons (Fsp3) is 0.442. The first-order valence-electron chi connectivity index (χ1n) is 23.8. The highest BCUT2D eigenvalue weighted by Crippen LogP contribution is 2.35. The van der Waals surface area contributed by atoms with E-state index in [9.17, 15) is 28.7 Å². The molecule has 19 heteroatoms. The van der Waals surface area contributed by atoms with E-state index >= 15 is 0 Å². The minimum atomic E-state index is -0.972. The molecular weight excluding hydrogens is 949 g/mol. The molecule has 4 atom stereocenters. The maximum atomic E-state index is 14.3. The Bertz CT molecular complexity index is 2660. The van der Waals surface area contributed by atoms with Crippen LogP contribution in [0.2, 0.25) is 5.02 Å². The number of unbranched alkanes of at least 4 members (excludes halogenated alkanes) is 1. The smallest absolute Gasteiger partial charge is 0.248 e. The number of aliphatic hydroxyl groups is 1. The monoisotopic (exact) mass is 1010 g/mol. The Hall–Kier alpha value is -6.05. The average molecular weight is 1010 g/mol. The molecule has 5 N–H and O–H groups in total. The summed E-state index contributed by atoms with van der Waals surface area (Å²) in [6, 6.07) is 13.7. The van der Waals surface area contributed by atoms with Crippen molar-refractivity contribution in [2.24, 2.45) is 5.41 Å². The molecule has 2 aromatic heterocycles. The van der Waals surface area contributed by atoms with Crippen molar-refractivity contribution in [2.45, 2.75) is 104 Å². The van der Waals surface area contributed by atoms with Gasteiger partial charge in [0.05, 0.1) is 57.5 Å². The van der Waals surface area contributed by atoms with Gasteiger partial charge >= 0.3 is 0 Å². The highest BCUT2D eigenvalue weighted by molar-refractivity contribution is 7.13. The number of likely N-dealkylation sites (tertiary alicyclic amines) is 1. The minimum absolute atomic E-state index is 0.0220. The summed E-state index contributed by atoms with van der Waals surface area (Å²) in [5.41, 5.74) is 5.41. The Labute approximate surface area is 423 Å². The molecular formula is C52H65ClFN9O7S. The number of carbonyl (C=O) groups excluding carboxylic acids is 4. The summed E-state index contributed by atoms with van der Waals surface area (Å²) in [6.45, 7) is 10.9. The lowest BCUT2D eigenvalue weighted by Gasteiger charge is -2.35. The number of likely N-dealkylation sites (N-methyl/N-ethyl adjacent to an activating group) is 1. The molecule has 71 heavy (non-hydrogen) atoms. The van der Waals surface area contributed by atoms with E-state index in [4.69, 9.17) is 21.1 Å². The molecule has 1 unspecified atom stereocenters. The Morgan fingerprint density at radius 1 is 1.04 bits per heavy atom. The molecule has 3 aromatic carbocycles. The highest BCUT2D eigenvalue weighted by Gasteiger charge is 2.44. The van der Waals surface area contributed by atoms with Crippen LogP contribution in [0.1, 0.15) is 77.5 Å². The Morgan fingerprint density at radius 2 is 1.80 bits per heavy atom. The minimum Gasteiger partial charge on any atom is -0.491 e. The molecule has 0 radical (unpaired) electrons.